The summed E-state index contributed by atoms with van der Waals surface area (Å²) >= 11 is 0. The normalized spacial score (nSPS) is 17.6. The van der Waals surface area contributed by atoms with Gasteiger partial charge in [0, 0.05) is 0 Å². The molecule has 112 valence electrons. The summed E-state index contributed by atoms with van der Waals surface area (Å²) in [7, 11) is 1.54. The van der Waals surface area contributed by atoms with Crippen LogP contribution in [-0.2, 0) is 9.53 Å². The molecule has 1 aliphatic carbocycles. The van der Waals surface area contributed by atoms with Crippen molar-refractivity contribution in [3.8, 4) is 0 Å². The lowest BCUT2D eigenvalue weighted by molar-refractivity contribution is -0.153. The minimum atomic E-state index is -0.114. The van der Waals surface area contributed by atoms with Crippen molar-refractivity contribution in [3.05, 3.63) is 0 Å². The average Bonchev–Trinajstić information content (AvgIpc) is 2.91. The molecule has 0 radical (unpaired) electrons. The molecule has 1 aliphatic rings. The Morgan fingerprint density at radius 1 is 0.947 bits per heavy atom. The van der Waals surface area contributed by atoms with E-state index in [1.807, 2.05) is 0 Å². The zero-order valence-corrected chi connectivity index (χ0v) is 13.0. The first-order valence-corrected chi connectivity index (χ1v) is 8.33. The summed E-state index contributed by atoms with van der Waals surface area (Å²) in [5, 5.41) is 0. The largest absolute Gasteiger partial charge is 0.469 e. The molecule has 1 rings (SSSR count). The monoisotopic (exact) mass is 268 g/mol. The number of esters is 1. The van der Waals surface area contributed by atoms with Gasteiger partial charge in [-0.3, -0.25) is 4.79 Å². The maximum absolute atomic E-state index is 12.0. The molecular weight excluding hydrogens is 236 g/mol. The Morgan fingerprint density at radius 2 is 1.47 bits per heavy atom. The SMILES string of the molecule is CCCCCCCCCCC1(C(=O)OC)CCCC1. The van der Waals surface area contributed by atoms with Crippen molar-refractivity contribution < 1.29 is 9.53 Å². The molecule has 0 N–H and O–H groups in total. The number of rotatable bonds is 10. The fourth-order valence-electron chi connectivity index (χ4n) is 3.42. The predicted octanol–water partition coefficient (Wildman–Crippen LogP) is 5.25. The van der Waals surface area contributed by atoms with Crippen LogP contribution < -0.4 is 0 Å². The third kappa shape index (κ3) is 5.54. The van der Waals surface area contributed by atoms with E-state index < -0.39 is 0 Å². The number of hydrogen-bond acceptors (Lipinski definition) is 2. The molecule has 2 heteroatoms. The lowest BCUT2D eigenvalue weighted by Crippen LogP contribution is -2.29. The van der Waals surface area contributed by atoms with Gasteiger partial charge in [-0.2, -0.15) is 0 Å². The van der Waals surface area contributed by atoms with Crippen molar-refractivity contribution in [1.29, 1.82) is 0 Å². The summed E-state index contributed by atoms with van der Waals surface area (Å²) in [4.78, 5) is 12.0. The molecule has 0 atom stereocenters. The first-order chi connectivity index (χ1) is 9.25. The molecule has 0 aromatic heterocycles. The highest BCUT2D eigenvalue weighted by atomic mass is 16.5. The van der Waals surface area contributed by atoms with Crippen molar-refractivity contribution in [2.24, 2.45) is 5.41 Å². The van der Waals surface area contributed by atoms with Crippen LogP contribution >= 0.6 is 0 Å². The second-order valence-corrected chi connectivity index (χ2v) is 6.20. The van der Waals surface area contributed by atoms with Crippen molar-refractivity contribution in [1.82, 2.24) is 0 Å². The number of carbonyl (C=O) groups excluding carboxylic acids is 1. The molecule has 1 fully saturated rings. The van der Waals surface area contributed by atoms with E-state index in [2.05, 4.69) is 6.92 Å². The Bertz CT molecular complexity index is 242. The number of carbonyl (C=O) groups is 1. The Hall–Kier alpha value is -0.530. The van der Waals surface area contributed by atoms with Crippen molar-refractivity contribution in [2.75, 3.05) is 7.11 Å². The summed E-state index contributed by atoms with van der Waals surface area (Å²) in [6, 6.07) is 0. The Kier molecular flexibility index (Phi) is 8.16. The number of ether oxygens (including phenoxy) is 1. The minimum absolute atomic E-state index is 0.0490. The van der Waals surface area contributed by atoms with E-state index in [0.717, 1.165) is 19.3 Å². The van der Waals surface area contributed by atoms with E-state index in [-0.39, 0.29) is 11.4 Å². The lowest BCUT2D eigenvalue weighted by Gasteiger charge is -2.25. The molecule has 0 unspecified atom stereocenters. The zero-order valence-electron chi connectivity index (χ0n) is 13.0. The van der Waals surface area contributed by atoms with E-state index in [1.165, 1.54) is 71.3 Å². The average molecular weight is 268 g/mol. The van der Waals surface area contributed by atoms with Crippen molar-refractivity contribution in [3.63, 3.8) is 0 Å². The summed E-state index contributed by atoms with van der Waals surface area (Å²) in [6.45, 7) is 2.26. The van der Waals surface area contributed by atoms with Crippen molar-refractivity contribution in [2.45, 2.75) is 90.4 Å². The molecule has 0 bridgehead atoms. The van der Waals surface area contributed by atoms with Gasteiger partial charge in [-0.1, -0.05) is 71.1 Å². The van der Waals surface area contributed by atoms with E-state index in [9.17, 15) is 4.79 Å². The van der Waals surface area contributed by atoms with Crippen LogP contribution in [0.2, 0.25) is 0 Å². The Balaban J connectivity index is 2.11. The second kappa shape index (κ2) is 9.39. The molecule has 0 aromatic rings. The van der Waals surface area contributed by atoms with E-state index in [0.29, 0.717) is 0 Å². The number of unbranched alkanes of at least 4 members (excludes halogenated alkanes) is 7. The molecule has 0 amide bonds. The van der Waals surface area contributed by atoms with Crippen LogP contribution in [0.3, 0.4) is 0 Å². The molecular formula is C17H32O2. The van der Waals surface area contributed by atoms with Gasteiger partial charge in [0.1, 0.15) is 0 Å². The van der Waals surface area contributed by atoms with Gasteiger partial charge in [-0.05, 0) is 19.3 Å². The van der Waals surface area contributed by atoms with Crippen LogP contribution in [0.1, 0.15) is 90.4 Å². The van der Waals surface area contributed by atoms with E-state index in [1.54, 1.807) is 0 Å². The predicted molar refractivity (Wildman–Crippen MR) is 80.1 cm³/mol. The van der Waals surface area contributed by atoms with Gasteiger partial charge in [0.2, 0.25) is 0 Å². The topological polar surface area (TPSA) is 26.3 Å². The van der Waals surface area contributed by atoms with E-state index in [4.69, 9.17) is 4.74 Å². The Labute approximate surface area is 119 Å². The highest BCUT2D eigenvalue weighted by Gasteiger charge is 2.41. The highest BCUT2D eigenvalue weighted by molar-refractivity contribution is 5.77. The standard InChI is InChI=1S/C17H32O2/c1-3-4-5-6-7-8-9-10-13-17(16(18)19-2)14-11-12-15-17/h3-15H2,1-2H3. The molecule has 2 nitrogen and oxygen atoms in total. The van der Waals surface area contributed by atoms with Gasteiger partial charge in [0.25, 0.3) is 0 Å². The van der Waals surface area contributed by atoms with Crippen LogP contribution in [-0.4, -0.2) is 13.1 Å². The number of hydrogen-bond donors (Lipinski definition) is 0. The fraction of sp³-hybridized carbons (Fsp3) is 0.941. The molecule has 19 heavy (non-hydrogen) atoms. The molecule has 0 saturated heterocycles. The van der Waals surface area contributed by atoms with Gasteiger partial charge in [0.15, 0.2) is 0 Å². The molecule has 0 aliphatic heterocycles. The van der Waals surface area contributed by atoms with Gasteiger partial charge >= 0.3 is 5.97 Å². The van der Waals surface area contributed by atoms with Gasteiger partial charge < -0.3 is 4.74 Å². The molecule has 0 spiro atoms. The maximum atomic E-state index is 12.0. The maximum Gasteiger partial charge on any atom is 0.311 e. The second-order valence-electron chi connectivity index (χ2n) is 6.20. The smallest absolute Gasteiger partial charge is 0.311 e. The van der Waals surface area contributed by atoms with E-state index >= 15 is 0 Å². The van der Waals surface area contributed by atoms with Crippen LogP contribution in [0.25, 0.3) is 0 Å². The lowest BCUT2D eigenvalue weighted by atomic mass is 9.81. The summed E-state index contributed by atoms with van der Waals surface area (Å²) in [5.41, 5.74) is -0.114. The van der Waals surface area contributed by atoms with Crippen LogP contribution in [0.15, 0.2) is 0 Å². The van der Waals surface area contributed by atoms with Gasteiger partial charge in [-0.25, -0.2) is 0 Å². The first kappa shape index (κ1) is 16.5. The van der Waals surface area contributed by atoms with Crippen molar-refractivity contribution >= 4 is 5.97 Å². The number of methoxy groups -OCH3 is 1. The van der Waals surface area contributed by atoms with Crippen LogP contribution in [0, 0.1) is 5.41 Å². The minimum Gasteiger partial charge on any atom is -0.469 e. The third-order valence-corrected chi connectivity index (χ3v) is 4.69. The van der Waals surface area contributed by atoms with Gasteiger partial charge in [-0.15, -0.1) is 0 Å². The zero-order chi connectivity index (χ0) is 14.0. The summed E-state index contributed by atoms with van der Waals surface area (Å²) in [5.74, 6) is 0.0490. The molecule has 0 aromatic carbocycles. The molecule has 0 heterocycles. The van der Waals surface area contributed by atoms with Crippen LogP contribution in [0.5, 0.6) is 0 Å². The molecule has 1 saturated carbocycles. The summed E-state index contributed by atoms with van der Waals surface area (Å²) < 4.78 is 5.02. The quantitative estimate of drug-likeness (QED) is 0.399. The van der Waals surface area contributed by atoms with Crippen LogP contribution in [0.4, 0.5) is 0 Å². The van der Waals surface area contributed by atoms with Gasteiger partial charge in [0.05, 0.1) is 12.5 Å². The fourth-order valence-corrected chi connectivity index (χ4v) is 3.42. The Morgan fingerprint density at radius 3 is 2.00 bits per heavy atom. The summed E-state index contributed by atoms with van der Waals surface area (Å²) in [6.07, 6.45) is 16.2. The first-order valence-electron chi connectivity index (χ1n) is 8.33. The third-order valence-electron chi connectivity index (χ3n) is 4.69. The highest BCUT2D eigenvalue weighted by Crippen LogP contribution is 2.43.